The maximum absolute atomic E-state index is 11.1. The summed E-state index contributed by atoms with van der Waals surface area (Å²) in [6.45, 7) is 4.04. The minimum Gasteiger partial charge on any atom is -0.295 e. The molecule has 0 N–H and O–H groups in total. The van der Waals surface area contributed by atoms with Gasteiger partial charge in [0.25, 0.3) is 0 Å². The summed E-state index contributed by atoms with van der Waals surface area (Å²) >= 11 is 0. The Balaban J connectivity index is 3.75. The normalized spacial score (nSPS) is 11.1. The van der Waals surface area contributed by atoms with Gasteiger partial charge in [0.05, 0.1) is 7.11 Å². The average molecular weight is 171 g/mol. The van der Waals surface area contributed by atoms with E-state index in [0.29, 0.717) is 12.3 Å². The van der Waals surface area contributed by atoms with Crippen LogP contribution in [-0.4, -0.2) is 25.0 Å². The van der Waals surface area contributed by atoms with Crippen molar-refractivity contribution in [3.05, 3.63) is 12.3 Å². The molecule has 0 heterocycles. The van der Waals surface area contributed by atoms with Crippen LogP contribution in [0.4, 0.5) is 0 Å². The molecule has 70 valence electrons. The highest BCUT2D eigenvalue weighted by molar-refractivity contribution is 5.89. The summed E-state index contributed by atoms with van der Waals surface area (Å²) in [5.74, 6) is 0.545. The van der Waals surface area contributed by atoms with E-state index in [2.05, 4.69) is 0 Å². The van der Waals surface area contributed by atoms with E-state index in [9.17, 15) is 4.79 Å². The van der Waals surface area contributed by atoms with Gasteiger partial charge in [0.2, 0.25) is 0 Å². The summed E-state index contributed by atoms with van der Waals surface area (Å²) in [5.41, 5.74) is 0. The fourth-order valence-corrected chi connectivity index (χ4v) is 0.719. The molecular weight excluding hydrogens is 154 g/mol. The number of carbonyl (C=O) groups excluding carboxylic acids is 1. The summed E-state index contributed by atoms with van der Waals surface area (Å²) in [6.07, 6.45) is 3.74. The Morgan fingerprint density at radius 1 is 1.58 bits per heavy atom. The van der Waals surface area contributed by atoms with E-state index in [0.717, 1.165) is 0 Å². The number of nitrogens with zero attached hydrogens (tertiary/aromatic N) is 1. The van der Waals surface area contributed by atoms with Crippen LogP contribution in [0.15, 0.2) is 12.3 Å². The molecule has 0 atom stereocenters. The second-order valence-corrected chi connectivity index (χ2v) is 3.11. The van der Waals surface area contributed by atoms with Crippen LogP contribution >= 0.6 is 0 Å². The molecule has 0 aromatic rings. The molecule has 0 saturated heterocycles. The predicted molar refractivity (Wildman–Crippen MR) is 48.4 cm³/mol. The lowest BCUT2D eigenvalue weighted by Gasteiger charge is -2.08. The Bertz CT molecular complexity index is 164. The summed E-state index contributed by atoms with van der Waals surface area (Å²) in [4.78, 5) is 15.9. The van der Waals surface area contributed by atoms with Crippen LogP contribution in [0.3, 0.4) is 0 Å². The van der Waals surface area contributed by atoms with Gasteiger partial charge >= 0.3 is 0 Å². The lowest BCUT2D eigenvalue weighted by atomic mass is 10.1. The highest BCUT2D eigenvalue weighted by Gasteiger charge is 2.00. The molecule has 0 rings (SSSR count). The van der Waals surface area contributed by atoms with E-state index in [1.807, 2.05) is 13.8 Å². The van der Waals surface area contributed by atoms with E-state index in [1.54, 1.807) is 20.4 Å². The van der Waals surface area contributed by atoms with E-state index in [-0.39, 0.29) is 5.78 Å². The van der Waals surface area contributed by atoms with Crippen molar-refractivity contribution in [1.29, 1.82) is 0 Å². The lowest BCUT2D eigenvalue weighted by molar-refractivity contribution is -0.115. The molecule has 0 aliphatic rings. The molecule has 0 unspecified atom stereocenters. The Kier molecular flexibility index (Phi) is 5.37. The summed E-state index contributed by atoms with van der Waals surface area (Å²) in [6, 6.07) is 0. The summed E-state index contributed by atoms with van der Waals surface area (Å²) in [7, 11) is 3.29. The van der Waals surface area contributed by atoms with Gasteiger partial charge in [-0.2, -0.15) is 0 Å². The highest BCUT2D eigenvalue weighted by atomic mass is 16.7. The van der Waals surface area contributed by atoms with Gasteiger partial charge in [-0.05, 0) is 12.0 Å². The first kappa shape index (κ1) is 11.2. The molecule has 0 bridgehead atoms. The van der Waals surface area contributed by atoms with Crippen molar-refractivity contribution in [3.63, 3.8) is 0 Å². The van der Waals surface area contributed by atoms with Crippen LogP contribution in [-0.2, 0) is 9.63 Å². The first-order valence-corrected chi connectivity index (χ1v) is 4.04. The monoisotopic (exact) mass is 171 g/mol. The summed E-state index contributed by atoms with van der Waals surface area (Å²) < 4.78 is 0. The van der Waals surface area contributed by atoms with Crippen molar-refractivity contribution in [1.82, 2.24) is 5.06 Å². The zero-order chi connectivity index (χ0) is 9.56. The molecule has 0 saturated carbocycles. The van der Waals surface area contributed by atoms with Crippen LogP contribution < -0.4 is 0 Å². The third-order valence-electron chi connectivity index (χ3n) is 1.37. The number of hydrogen-bond acceptors (Lipinski definition) is 3. The minimum atomic E-state index is 0.133. The van der Waals surface area contributed by atoms with Gasteiger partial charge < -0.3 is 0 Å². The number of ketones is 1. The fourth-order valence-electron chi connectivity index (χ4n) is 0.719. The second-order valence-electron chi connectivity index (χ2n) is 3.11. The Hall–Kier alpha value is -0.830. The van der Waals surface area contributed by atoms with Crippen LogP contribution in [0.5, 0.6) is 0 Å². The fraction of sp³-hybridized carbons (Fsp3) is 0.667. The predicted octanol–water partition coefficient (Wildman–Crippen LogP) is 1.61. The molecule has 0 amide bonds. The Labute approximate surface area is 74.0 Å². The largest absolute Gasteiger partial charge is 0.295 e. The van der Waals surface area contributed by atoms with Gasteiger partial charge in [0.15, 0.2) is 5.78 Å². The van der Waals surface area contributed by atoms with Gasteiger partial charge in [-0.3, -0.25) is 14.7 Å². The van der Waals surface area contributed by atoms with Gasteiger partial charge in [0.1, 0.15) is 0 Å². The molecule has 0 aliphatic carbocycles. The molecular formula is C9H17NO2. The van der Waals surface area contributed by atoms with Crippen LogP contribution in [0.25, 0.3) is 0 Å². The van der Waals surface area contributed by atoms with Crippen molar-refractivity contribution in [3.8, 4) is 0 Å². The second kappa shape index (κ2) is 5.77. The smallest absolute Gasteiger partial charge is 0.157 e. The summed E-state index contributed by atoms with van der Waals surface area (Å²) in [5, 5.41) is 1.48. The lowest BCUT2D eigenvalue weighted by Crippen LogP contribution is -2.09. The van der Waals surface area contributed by atoms with E-state index >= 15 is 0 Å². The minimum absolute atomic E-state index is 0.133. The molecule has 0 aromatic heterocycles. The third kappa shape index (κ3) is 5.92. The molecule has 0 spiro atoms. The molecule has 0 radical (unpaired) electrons. The average Bonchev–Trinajstić information content (AvgIpc) is 1.99. The SMILES string of the molecule is CON(C)/C=C/C(=O)CC(C)C. The molecule has 0 fully saturated rings. The number of hydroxylamine groups is 2. The first-order chi connectivity index (χ1) is 5.56. The zero-order valence-electron chi connectivity index (χ0n) is 8.20. The quantitative estimate of drug-likeness (QED) is 0.465. The van der Waals surface area contributed by atoms with Crippen LogP contribution in [0.1, 0.15) is 20.3 Å². The van der Waals surface area contributed by atoms with Gasteiger partial charge in [-0.15, -0.1) is 0 Å². The van der Waals surface area contributed by atoms with Crippen LogP contribution in [0, 0.1) is 5.92 Å². The molecule has 0 aromatic carbocycles. The van der Waals surface area contributed by atoms with Gasteiger partial charge in [0, 0.05) is 19.7 Å². The maximum Gasteiger partial charge on any atom is 0.157 e. The number of hydrogen-bond donors (Lipinski definition) is 0. The van der Waals surface area contributed by atoms with Crippen molar-refractivity contribution in [2.75, 3.05) is 14.2 Å². The van der Waals surface area contributed by atoms with Crippen molar-refractivity contribution in [2.24, 2.45) is 5.92 Å². The van der Waals surface area contributed by atoms with Crippen molar-refractivity contribution in [2.45, 2.75) is 20.3 Å². The van der Waals surface area contributed by atoms with E-state index in [1.165, 1.54) is 11.1 Å². The standard InChI is InChI=1S/C9H17NO2/c1-8(2)7-9(11)5-6-10(3)12-4/h5-6,8H,7H2,1-4H3/b6-5+. The maximum atomic E-state index is 11.1. The van der Waals surface area contributed by atoms with E-state index < -0.39 is 0 Å². The van der Waals surface area contributed by atoms with Crippen molar-refractivity contribution < 1.29 is 9.63 Å². The van der Waals surface area contributed by atoms with Gasteiger partial charge in [-0.25, -0.2) is 0 Å². The zero-order valence-corrected chi connectivity index (χ0v) is 8.20. The van der Waals surface area contributed by atoms with Crippen molar-refractivity contribution >= 4 is 5.78 Å². The topological polar surface area (TPSA) is 29.5 Å². The first-order valence-electron chi connectivity index (χ1n) is 4.04. The molecule has 3 nitrogen and oxygen atoms in total. The number of carbonyl (C=O) groups is 1. The molecule has 0 aliphatic heterocycles. The number of allylic oxidation sites excluding steroid dienone is 1. The Morgan fingerprint density at radius 2 is 2.17 bits per heavy atom. The third-order valence-corrected chi connectivity index (χ3v) is 1.37. The van der Waals surface area contributed by atoms with Gasteiger partial charge in [-0.1, -0.05) is 13.8 Å². The van der Waals surface area contributed by atoms with Crippen LogP contribution in [0.2, 0.25) is 0 Å². The highest BCUT2D eigenvalue weighted by Crippen LogP contribution is 2.00. The molecule has 3 heteroatoms. The Morgan fingerprint density at radius 3 is 2.58 bits per heavy atom. The number of rotatable bonds is 5. The molecule has 12 heavy (non-hydrogen) atoms. The van der Waals surface area contributed by atoms with E-state index in [4.69, 9.17) is 4.84 Å².